The van der Waals surface area contributed by atoms with E-state index in [4.69, 9.17) is 0 Å². The van der Waals surface area contributed by atoms with Crippen LogP contribution in [0.15, 0.2) is 23.0 Å². The minimum Gasteiger partial charge on any atom is -0.100 e. The molecule has 19 heavy (non-hydrogen) atoms. The summed E-state index contributed by atoms with van der Waals surface area (Å²) >= 11 is 1.84. The zero-order chi connectivity index (χ0) is 15.1. The molecule has 0 unspecified atom stereocenters. The third-order valence-electron chi connectivity index (χ3n) is 3.05. The molecule has 0 aromatic heterocycles. The van der Waals surface area contributed by atoms with Gasteiger partial charge in [0, 0.05) is 16.1 Å². The molecular weight excluding hydrogens is 280 g/mol. The van der Waals surface area contributed by atoms with Gasteiger partial charge in [0.25, 0.3) is 0 Å². The molecule has 0 rings (SSSR count). The van der Waals surface area contributed by atoms with E-state index >= 15 is 0 Å². The molecule has 0 aromatic rings. The number of hydrogen-bond acceptors (Lipinski definition) is 1. The maximum absolute atomic E-state index is 4.20. The molecule has 112 valence electrons. The van der Waals surface area contributed by atoms with E-state index in [2.05, 4.69) is 52.4 Å². The Labute approximate surface area is 128 Å². The summed E-state index contributed by atoms with van der Waals surface area (Å²) in [6, 6.07) is 2.82. The monoisotopic (exact) mass is 314 g/mol. The van der Waals surface area contributed by atoms with Gasteiger partial charge in [-0.1, -0.05) is 77.4 Å². The van der Waals surface area contributed by atoms with Crippen LogP contribution in [0.1, 0.15) is 25.7 Å². The SMILES string of the molecule is C=C(CCC[Si](C)(C)C)SC(=C)CCC[Si](C)(C)C. The van der Waals surface area contributed by atoms with Crippen molar-refractivity contribution in [2.75, 3.05) is 0 Å². The van der Waals surface area contributed by atoms with Gasteiger partial charge in [-0.25, -0.2) is 0 Å². The fourth-order valence-corrected chi connectivity index (χ4v) is 5.31. The van der Waals surface area contributed by atoms with Crippen LogP contribution in [0.25, 0.3) is 0 Å². The minimum atomic E-state index is -0.874. The largest absolute Gasteiger partial charge is 0.100 e. The maximum atomic E-state index is 4.20. The van der Waals surface area contributed by atoms with Gasteiger partial charge in [0.1, 0.15) is 0 Å². The number of rotatable bonds is 10. The lowest BCUT2D eigenvalue weighted by molar-refractivity contribution is 0.918. The molecule has 0 amide bonds. The van der Waals surface area contributed by atoms with E-state index in [1.165, 1.54) is 47.6 Å². The molecule has 3 heteroatoms. The van der Waals surface area contributed by atoms with Crippen molar-refractivity contribution in [1.82, 2.24) is 0 Å². The average Bonchev–Trinajstić information content (AvgIpc) is 2.12. The molecule has 0 atom stereocenters. The summed E-state index contributed by atoms with van der Waals surface area (Å²) in [7, 11) is -1.75. The Hall–Kier alpha value is 0.264. The van der Waals surface area contributed by atoms with E-state index in [1.54, 1.807) is 0 Å². The highest BCUT2D eigenvalue weighted by molar-refractivity contribution is 8.06. The molecule has 0 radical (unpaired) electrons. The van der Waals surface area contributed by atoms with Crippen molar-refractivity contribution in [3.8, 4) is 0 Å². The van der Waals surface area contributed by atoms with Crippen molar-refractivity contribution in [1.29, 1.82) is 0 Å². The van der Waals surface area contributed by atoms with Crippen molar-refractivity contribution in [2.24, 2.45) is 0 Å². The Morgan fingerprint density at radius 3 is 1.32 bits per heavy atom. The molecule has 0 saturated heterocycles. The summed E-state index contributed by atoms with van der Waals surface area (Å²) in [6.07, 6.45) is 4.96. The first kappa shape index (κ1) is 19.3. The van der Waals surface area contributed by atoms with Gasteiger partial charge in [0.15, 0.2) is 0 Å². The average molecular weight is 315 g/mol. The van der Waals surface area contributed by atoms with Crippen LogP contribution in [0.3, 0.4) is 0 Å². The number of thioether (sulfide) groups is 1. The zero-order valence-electron chi connectivity index (χ0n) is 14.1. The number of hydrogen-bond donors (Lipinski definition) is 0. The van der Waals surface area contributed by atoms with Crippen molar-refractivity contribution in [2.45, 2.75) is 77.1 Å². The molecular formula is C16H34SSi2. The predicted molar refractivity (Wildman–Crippen MR) is 101 cm³/mol. The molecule has 0 bridgehead atoms. The molecule has 0 spiro atoms. The lowest BCUT2D eigenvalue weighted by Crippen LogP contribution is -2.18. The molecule has 0 heterocycles. The van der Waals surface area contributed by atoms with E-state index in [-0.39, 0.29) is 0 Å². The van der Waals surface area contributed by atoms with E-state index in [9.17, 15) is 0 Å². The normalized spacial score (nSPS) is 12.5. The minimum absolute atomic E-state index is 0.874. The maximum Gasteiger partial charge on any atom is 0.0442 e. The third-order valence-corrected chi connectivity index (χ3v) is 7.75. The topological polar surface area (TPSA) is 0 Å². The second kappa shape index (κ2) is 8.53. The summed E-state index contributed by atoms with van der Waals surface area (Å²) in [5.74, 6) is 0. The summed E-state index contributed by atoms with van der Waals surface area (Å²) in [4.78, 5) is 2.63. The molecule has 0 nitrogen and oxygen atoms in total. The van der Waals surface area contributed by atoms with E-state index in [1.807, 2.05) is 11.8 Å². The molecule has 0 aliphatic heterocycles. The molecule has 0 aromatic carbocycles. The van der Waals surface area contributed by atoms with Gasteiger partial charge in [0.05, 0.1) is 0 Å². The van der Waals surface area contributed by atoms with Crippen LogP contribution >= 0.6 is 11.8 Å². The second-order valence-corrected chi connectivity index (χ2v) is 20.6. The van der Waals surface area contributed by atoms with Crippen LogP contribution in [-0.4, -0.2) is 16.1 Å². The highest BCUT2D eigenvalue weighted by Crippen LogP contribution is 2.31. The smallest absolute Gasteiger partial charge is 0.0442 e. The second-order valence-electron chi connectivity index (χ2n) is 8.01. The Balaban J connectivity index is 3.73. The summed E-state index contributed by atoms with van der Waals surface area (Å²) in [5, 5.41) is 0. The van der Waals surface area contributed by atoms with E-state index < -0.39 is 16.1 Å². The molecule has 0 aliphatic carbocycles. The standard InChI is InChI=1S/C16H34SSi2/c1-15(11-9-13-18(3,4)5)17-16(2)12-10-14-19(6,7)8/h1-2,9-14H2,3-8H3. The first-order chi connectivity index (χ1) is 8.49. The number of allylic oxidation sites excluding steroid dienone is 2. The predicted octanol–water partition coefficient (Wildman–Crippen LogP) is 6.98. The van der Waals surface area contributed by atoms with Crippen LogP contribution in [-0.2, 0) is 0 Å². The quantitative estimate of drug-likeness (QED) is 0.392. The van der Waals surface area contributed by atoms with Gasteiger partial charge in [-0.3, -0.25) is 0 Å². The lowest BCUT2D eigenvalue weighted by atomic mass is 10.3. The van der Waals surface area contributed by atoms with Gasteiger partial charge < -0.3 is 0 Å². The van der Waals surface area contributed by atoms with Crippen molar-refractivity contribution >= 4 is 27.9 Å². The summed E-state index contributed by atoms with van der Waals surface area (Å²) in [6.45, 7) is 23.1. The van der Waals surface area contributed by atoms with Gasteiger partial charge in [0.2, 0.25) is 0 Å². The van der Waals surface area contributed by atoms with Crippen molar-refractivity contribution < 1.29 is 0 Å². The Morgan fingerprint density at radius 2 is 1.05 bits per heavy atom. The van der Waals surface area contributed by atoms with Crippen LogP contribution in [0.5, 0.6) is 0 Å². The Kier molecular flexibility index (Phi) is 8.65. The van der Waals surface area contributed by atoms with Gasteiger partial charge >= 0.3 is 0 Å². The van der Waals surface area contributed by atoms with E-state index in [0.29, 0.717) is 0 Å². The van der Waals surface area contributed by atoms with Crippen molar-refractivity contribution in [3.63, 3.8) is 0 Å². The van der Waals surface area contributed by atoms with Crippen molar-refractivity contribution in [3.05, 3.63) is 23.0 Å². The molecule has 0 saturated carbocycles. The fraction of sp³-hybridized carbons (Fsp3) is 0.750. The van der Waals surface area contributed by atoms with Gasteiger partial charge in [-0.2, -0.15) is 0 Å². The third kappa shape index (κ3) is 14.5. The fourth-order valence-electron chi connectivity index (χ4n) is 1.94. The van der Waals surface area contributed by atoms with Crippen LogP contribution in [0.2, 0.25) is 51.4 Å². The lowest BCUT2D eigenvalue weighted by Gasteiger charge is -2.17. The van der Waals surface area contributed by atoms with Crippen LogP contribution in [0, 0.1) is 0 Å². The highest BCUT2D eigenvalue weighted by atomic mass is 32.2. The first-order valence-electron chi connectivity index (χ1n) is 7.53. The Morgan fingerprint density at radius 1 is 0.737 bits per heavy atom. The van der Waals surface area contributed by atoms with Gasteiger partial charge in [-0.15, -0.1) is 11.8 Å². The van der Waals surface area contributed by atoms with Crippen LogP contribution < -0.4 is 0 Å². The summed E-state index contributed by atoms with van der Waals surface area (Å²) in [5.41, 5.74) is 0. The van der Waals surface area contributed by atoms with E-state index in [0.717, 1.165) is 0 Å². The van der Waals surface area contributed by atoms with Crippen LogP contribution in [0.4, 0.5) is 0 Å². The molecule has 0 aliphatic rings. The van der Waals surface area contributed by atoms with Gasteiger partial charge in [-0.05, 0) is 22.7 Å². The molecule has 0 fully saturated rings. The highest BCUT2D eigenvalue weighted by Gasteiger charge is 2.13. The first-order valence-corrected chi connectivity index (χ1v) is 15.8. The molecule has 0 N–H and O–H groups in total. The summed E-state index contributed by atoms with van der Waals surface area (Å²) < 4.78 is 0. The zero-order valence-corrected chi connectivity index (χ0v) is 16.9. The Bertz CT molecular complexity index is 265.